The van der Waals surface area contributed by atoms with Gasteiger partial charge in [0, 0.05) is 6.20 Å². The first-order valence-electron chi connectivity index (χ1n) is 14.0. The summed E-state index contributed by atoms with van der Waals surface area (Å²) in [6.07, 6.45) is -0.121. The number of ether oxygens (including phenoxy) is 4. The molecule has 2 aliphatic heterocycles. The lowest BCUT2D eigenvalue weighted by Crippen LogP contribution is -2.50. The van der Waals surface area contributed by atoms with Crippen molar-refractivity contribution in [2.45, 2.75) is 140 Å². The van der Waals surface area contributed by atoms with E-state index < -0.39 is 52.8 Å². The Hall–Kier alpha value is -1.09. The molecule has 1 aromatic heterocycles. The summed E-state index contributed by atoms with van der Waals surface area (Å²) >= 11 is 0. The van der Waals surface area contributed by atoms with Crippen LogP contribution in [0.25, 0.3) is 0 Å². The highest BCUT2D eigenvalue weighted by atomic mass is 28.4. The van der Waals surface area contributed by atoms with Gasteiger partial charge in [-0.25, -0.2) is 4.79 Å². The molecule has 38 heavy (non-hydrogen) atoms. The van der Waals surface area contributed by atoms with Gasteiger partial charge in [-0.05, 0) is 64.2 Å². The molecule has 1 aromatic rings. The molecular weight excluding hydrogens is 518 g/mol. The summed E-state index contributed by atoms with van der Waals surface area (Å²) in [5, 5.41) is -0.612. The second kappa shape index (κ2) is 11.1. The number of nitrogen functional groups attached to an aromatic ring is 1. The predicted molar refractivity (Wildman–Crippen MR) is 155 cm³/mol. The Labute approximate surface area is 232 Å². The van der Waals surface area contributed by atoms with Crippen molar-refractivity contribution in [1.29, 1.82) is 0 Å². The molecule has 0 radical (unpaired) electrons. The lowest BCUT2D eigenvalue weighted by atomic mass is 10.1. The van der Waals surface area contributed by atoms with Gasteiger partial charge in [0.1, 0.15) is 39.6 Å². The van der Waals surface area contributed by atoms with Gasteiger partial charge in [0.2, 0.25) is 8.32 Å². The summed E-state index contributed by atoms with van der Waals surface area (Å²) < 4.78 is 34.6. The third kappa shape index (κ3) is 6.45. The van der Waals surface area contributed by atoms with Crippen molar-refractivity contribution in [3.63, 3.8) is 0 Å². The highest BCUT2D eigenvalue weighted by molar-refractivity contribution is 6.77. The van der Waals surface area contributed by atoms with Crippen molar-refractivity contribution in [1.82, 2.24) is 9.55 Å². The summed E-state index contributed by atoms with van der Waals surface area (Å²) in [6, 6.07) is 1.60. The van der Waals surface area contributed by atoms with E-state index in [-0.39, 0.29) is 23.9 Å². The highest BCUT2D eigenvalue weighted by Crippen LogP contribution is 2.52. The van der Waals surface area contributed by atoms with Crippen molar-refractivity contribution >= 4 is 23.7 Å². The lowest BCUT2D eigenvalue weighted by molar-refractivity contribution is -0.158. The molecule has 0 saturated carbocycles. The monoisotopic (exact) mass is 569 g/mol. The van der Waals surface area contributed by atoms with Gasteiger partial charge in [-0.15, -0.1) is 0 Å². The van der Waals surface area contributed by atoms with Crippen molar-refractivity contribution in [3.8, 4) is 0 Å². The molecule has 0 amide bonds. The summed E-state index contributed by atoms with van der Waals surface area (Å²) in [7, 11) is -3.04. The van der Waals surface area contributed by atoms with E-state index in [0.29, 0.717) is 16.6 Å². The van der Waals surface area contributed by atoms with Gasteiger partial charge in [0.15, 0.2) is 6.23 Å². The van der Waals surface area contributed by atoms with Gasteiger partial charge in [-0.3, -0.25) is 4.57 Å². The number of nitrogens with zero attached hydrogens (tertiary/aromatic N) is 2. The molecule has 11 heteroatoms. The SMILES string of the molecule is CC(C)[Si](OCO[C@H]1[C@H](n2ccc(N)nc2=O)O[C@@]2([SiH2]C2OC(C)(C)C)[C@H]1OC(C)(C)C)(C(C)C)C(C)C. The average Bonchev–Trinajstić information content (AvgIpc) is 3.32. The Balaban J connectivity index is 2.00. The van der Waals surface area contributed by atoms with Gasteiger partial charge in [-0.1, -0.05) is 41.5 Å². The smallest absolute Gasteiger partial charge is 0.351 e. The third-order valence-electron chi connectivity index (χ3n) is 7.67. The lowest BCUT2D eigenvalue weighted by Gasteiger charge is -2.42. The second-order valence-corrected chi connectivity index (χ2v) is 21.5. The van der Waals surface area contributed by atoms with Crippen LogP contribution in [0, 0.1) is 0 Å². The third-order valence-corrected chi connectivity index (χ3v) is 16.0. The number of rotatable bonds is 10. The minimum atomic E-state index is -2.17. The molecule has 218 valence electrons. The summed E-state index contributed by atoms with van der Waals surface area (Å²) in [6.45, 7) is 25.8. The quantitative estimate of drug-likeness (QED) is 0.332. The van der Waals surface area contributed by atoms with Crippen LogP contribution >= 0.6 is 0 Å². The van der Waals surface area contributed by atoms with Gasteiger partial charge >= 0.3 is 5.69 Å². The maximum atomic E-state index is 13.0. The van der Waals surface area contributed by atoms with Crippen LogP contribution in [0.15, 0.2) is 17.1 Å². The molecule has 1 spiro atoms. The Morgan fingerprint density at radius 3 is 2.08 bits per heavy atom. The van der Waals surface area contributed by atoms with E-state index in [1.54, 1.807) is 12.3 Å². The molecular formula is C27H51N3O6Si2. The number of hydrogen-bond acceptors (Lipinski definition) is 8. The molecule has 2 saturated heterocycles. The van der Waals surface area contributed by atoms with Crippen LogP contribution in [0.1, 0.15) is 89.3 Å². The van der Waals surface area contributed by atoms with Gasteiger partial charge in [-0.2, -0.15) is 4.98 Å². The van der Waals surface area contributed by atoms with Gasteiger partial charge in [0.05, 0.1) is 16.9 Å². The summed E-state index contributed by atoms with van der Waals surface area (Å²) in [5.41, 5.74) is 5.71. The van der Waals surface area contributed by atoms with Crippen molar-refractivity contribution in [3.05, 3.63) is 22.7 Å². The van der Waals surface area contributed by atoms with Crippen molar-refractivity contribution in [2.75, 3.05) is 12.5 Å². The van der Waals surface area contributed by atoms with Crippen molar-refractivity contribution in [2.24, 2.45) is 0 Å². The maximum Gasteiger partial charge on any atom is 0.351 e. The highest BCUT2D eigenvalue weighted by Gasteiger charge is 2.72. The average molecular weight is 570 g/mol. The zero-order chi connectivity index (χ0) is 28.8. The molecule has 0 aliphatic carbocycles. The van der Waals surface area contributed by atoms with E-state index in [1.807, 2.05) is 41.5 Å². The topological polar surface area (TPSA) is 107 Å². The molecule has 9 nitrogen and oxygen atoms in total. The standard InChI is InChI=1S/C27H51N3O6Si2/c1-16(2)38(17(3)4,18(5)6)33-15-32-20-21(34-25(7,8)9)27(23(37-27)36-26(10,11)12)35-22(20)30-14-13-19(28)29-24(30)31/h13-14,16-18,20-23H,15,37H2,1-12H3,(H2,28,29,31)/t20-,21+,22-,23?,27-/m1/s1. The molecule has 0 aromatic carbocycles. The molecule has 2 N–H and O–H groups in total. The van der Waals surface area contributed by atoms with Gasteiger partial charge < -0.3 is 29.1 Å². The molecule has 1 unspecified atom stereocenters. The zero-order valence-corrected chi connectivity index (χ0v) is 27.9. The van der Waals surface area contributed by atoms with E-state index in [1.165, 1.54) is 4.57 Å². The van der Waals surface area contributed by atoms with E-state index in [2.05, 4.69) is 46.5 Å². The van der Waals surface area contributed by atoms with Crippen molar-refractivity contribution < 1.29 is 23.4 Å². The van der Waals surface area contributed by atoms with E-state index >= 15 is 0 Å². The zero-order valence-electron chi connectivity index (χ0n) is 25.5. The fourth-order valence-corrected chi connectivity index (χ4v) is 13.8. The molecule has 2 aliphatic rings. The van der Waals surface area contributed by atoms with E-state index in [9.17, 15) is 4.79 Å². The Kier molecular flexibility index (Phi) is 9.15. The van der Waals surface area contributed by atoms with Crippen LogP contribution in [0.4, 0.5) is 5.82 Å². The van der Waals surface area contributed by atoms with Crippen LogP contribution < -0.4 is 11.4 Å². The van der Waals surface area contributed by atoms with Crippen LogP contribution in [0.5, 0.6) is 0 Å². The Bertz CT molecular complexity index is 998. The normalized spacial score (nSPS) is 28.9. The second-order valence-electron chi connectivity index (χ2n) is 13.8. The summed E-state index contributed by atoms with van der Waals surface area (Å²) in [4.78, 5) is 16.9. The molecule has 0 bridgehead atoms. The van der Waals surface area contributed by atoms with Crippen LogP contribution in [0.2, 0.25) is 16.6 Å². The molecule has 2 fully saturated rings. The number of anilines is 1. The predicted octanol–water partition coefficient (Wildman–Crippen LogP) is 4.09. The molecule has 5 atom stereocenters. The minimum Gasteiger partial charge on any atom is -0.394 e. The van der Waals surface area contributed by atoms with Crippen LogP contribution in [-0.4, -0.2) is 68.5 Å². The fraction of sp³-hybridized carbons (Fsp3) is 0.852. The van der Waals surface area contributed by atoms with Gasteiger partial charge in [0.25, 0.3) is 0 Å². The molecule has 3 heterocycles. The number of nitrogens with two attached hydrogens (primary N) is 1. The number of aromatic nitrogens is 2. The van der Waals surface area contributed by atoms with E-state index in [4.69, 9.17) is 29.1 Å². The fourth-order valence-electron chi connectivity index (χ4n) is 6.28. The van der Waals surface area contributed by atoms with Crippen LogP contribution in [0.3, 0.4) is 0 Å². The first kappa shape index (κ1) is 31.4. The number of hydrogen-bond donors (Lipinski definition) is 1. The largest absolute Gasteiger partial charge is 0.394 e. The minimum absolute atomic E-state index is 0.0558. The van der Waals surface area contributed by atoms with E-state index in [0.717, 1.165) is 0 Å². The molecule has 3 rings (SSSR count). The van der Waals surface area contributed by atoms with Crippen LogP contribution in [-0.2, 0) is 23.4 Å². The summed E-state index contributed by atoms with van der Waals surface area (Å²) in [5.74, 6) is 0.165. The Morgan fingerprint density at radius 2 is 1.61 bits per heavy atom. The first-order chi connectivity index (χ1) is 17.3. The maximum absolute atomic E-state index is 13.0. The first-order valence-corrected chi connectivity index (χ1v) is 17.6. The Morgan fingerprint density at radius 1 is 1.05 bits per heavy atom.